The third kappa shape index (κ3) is 0.941. The van der Waals surface area contributed by atoms with Gasteiger partial charge in [-0.3, -0.25) is 0 Å². The Bertz CT molecular complexity index is 521. The van der Waals surface area contributed by atoms with E-state index in [0.717, 1.165) is 6.42 Å². The maximum atomic E-state index is 4.15. The fourth-order valence-corrected chi connectivity index (χ4v) is 2.35. The number of allylic oxidation sites excluding steroid dienone is 1. The van der Waals surface area contributed by atoms with Crippen molar-refractivity contribution in [1.82, 2.24) is 0 Å². The minimum Gasteiger partial charge on any atom is -0.0952 e. The highest BCUT2D eigenvalue weighted by Crippen LogP contribution is 2.36. The summed E-state index contributed by atoms with van der Waals surface area (Å²) in [5, 5.41) is 2.70. The maximum Gasteiger partial charge on any atom is -0.0106 e. The molecule has 1 aliphatic carbocycles. The molecule has 0 saturated heterocycles. The number of rotatable bonds is 0. The molecule has 3 rings (SSSR count). The fourth-order valence-electron chi connectivity index (χ4n) is 2.35. The Morgan fingerprint density at radius 2 is 1.79 bits per heavy atom. The highest BCUT2D eigenvalue weighted by molar-refractivity contribution is 5.96. The van der Waals surface area contributed by atoms with Gasteiger partial charge in [-0.2, -0.15) is 0 Å². The van der Waals surface area contributed by atoms with Gasteiger partial charge in [0, 0.05) is 0 Å². The molecule has 1 aliphatic rings. The Hall–Kier alpha value is -1.56. The first kappa shape index (κ1) is 7.81. The first-order valence-corrected chi connectivity index (χ1v) is 5.05. The molecule has 0 N–H and O–H groups in total. The average Bonchev–Trinajstić information content (AvgIpc) is 2.61. The van der Waals surface area contributed by atoms with Crippen LogP contribution in [0.2, 0.25) is 0 Å². The van der Waals surface area contributed by atoms with E-state index in [9.17, 15) is 0 Å². The molecule has 0 atom stereocenters. The van der Waals surface area contributed by atoms with E-state index in [2.05, 4.69) is 43.0 Å². The number of hydrogen-bond donors (Lipinski definition) is 0. The second-order valence-electron chi connectivity index (χ2n) is 3.92. The largest absolute Gasteiger partial charge is 0.0952 e. The van der Waals surface area contributed by atoms with Crippen LogP contribution in [0.5, 0.6) is 0 Å². The Morgan fingerprint density at radius 1 is 0.929 bits per heavy atom. The number of aryl methyl sites for hydroxylation is 1. The molecule has 68 valence electrons. The van der Waals surface area contributed by atoms with Gasteiger partial charge in [0.1, 0.15) is 0 Å². The third-order valence-electron chi connectivity index (χ3n) is 3.06. The van der Waals surface area contributed by atoms with Gasteiger partial charge >= 0.3 is 0 Å². The van der Waals surface area contributed by atoms with E-state index >= 15 is 0 Å². The highest BCUT2D eigenvalue weighted by atomic mass is 14.2. The van der Waals surface area contributed by atoms with Gasteiger partial charge in [0.2, 0.25) is 0 Å². The molecule has 0 unspecified atom stereocenters. The lowest BCUT2D eigenvalue weighted by atomic mass is 9.99. The molecule has 0 aliphatic heterocycles. The van der Waals surface area contributed by atoms with Crippen molar-refractivity contribution in [1.29, 1.82) is 0 Å². The van der Waals surface area contributed by atoms with Crippen LogP contribution >= 0.6 is 0 Å². The monoisotopic (exact) mass is 180 g/mol. The summed E-state index contributed by atoms with van der Waals surface area (Å²) < 4.78 is 0. The second kappa shape index (κ2) is 2.71. The Balaban J connectivity index is 2.47. The molecule has 0 fully saturated rings. The highest BCUT2D eigenvalue weighted by Gasteiger charge is 2.16. The topological polar surface area (TPSA) is 0 Å². The SMILES string of the molecule is C=C1CCc2ccc3ccccc3c21. The van der Waals surface area contributed by atoms with Crippen LogP contribution < -0.4 is 0 Å². The first-order chi connectivity index (χ1) is 6.86. The molecule has 0 amide bonds. The van der Waals surface area contributed by atoms with E-state index in [4.69, 9.17) is 0 Å². The van der Waals surface area contributed by atoms with Gasteiger partial charge in [0.25, 0.3) is 0 Å². The smallest absolute Gasteiger partial charge is 0.0106 e. The minimum atomic E-state index is 1.13. The summed E-state index contributed by atoms with van der Waals surface area (Å²) in [4.78, 5) is 0. The fraction of sp³-hybridized carbons (Fsp3) is 0.143. The van der Waals surface area contributed by atoms with Crippen LogP contribution in [-0.4, -0.2) is 0 Å². The van der Waals surface area contributed by atoms with Gasteiger partial charge in [-0.05, 0) is 40.3 Å². The molecule has 0 radical (unpaired) electrons. The molecule has 0 nitrogen and oxygen atoms in total. The molecule has 2 aromatic carbocycles. The van der Waals surface area contributed by atoms with Crippen molar-refractivity contribution in [2.45, 2.75) is 12.8 Å². The van der Waals surface area contributed by atoms with Gasteiger partial charge in [-0.1, -0.05) is 43.0 Å². The van der Waals surface area contributed by atoms with Crippen LogP contribution in [0.3, 0.4) is 0 Å². The Morgan fingerprint density at radius 3 is 2.71 bits per heavy atom. The zero-order valence-electron chi connectivity index (χ0n) is 8.09. The summed E-state index contributed by atoms with van der Waals surface area (Å²) in [6, 6.07) is 13.0. The van der Waals surface area contributed by atoms with Gasteiger partial charge < -0.3 is 0 Å². The van der Waals surface area contributed by atoms with Crippen LogP contribution in [0.4, 0.5) is 0 Å². The number of fused-ring (bicyclic) bond motifs is 3. The zero-order valence-corrected chi connectivity index (χ0v) is 8.09. The third-order valence-corrected chi connectivity index (χ3v) is 3.06. The molecule has 14 heavy (non-hydrogen) atoms. The second-order valence-corrected chi connectivity index (χ2v) is 3.92. The van der Waals surface area contributed by atoms with Gasteiger partial charge in [0.05, 0.1) is 0 Å². The van der Waals surface area contributed by atoms with Gasteiger partial charge in [-0.15, -0.1) is 0 Å². The number of hydrogen-bond acceptors (Lipinski definition) is 0. The summed E-state index contributed by atoms with van der Waals surface area (Å²) >= 11 is 0. The predicted molar refractivity (Wildman–Crippen MR) is 61.3 cm³/mol. The van der Waals surface area contributed by atoms with E-state index in [1.165, 1.54) is 33.9 Å². The van der Waals surface area contributed by atoms with E-state index in [0.29, 0.717) is 0 Å². The van der Waals surface area contributed by atoms with E-state index in [1.54, 1.807) is 0 Å². The quantitative estimate of drug-likeness (QED) is 0.578. The predicted octanol–water partition coefficient (Wildman–Crippen LogP) is 3.80. The van der Waals surface area contributed by atoms with E-state index in [1.807, 2.05) is 0 Å². The Kier molecular flexibility index (Phi) is 1.51. The lowest BCUT2D eigenvalue weighted by molar-refractivity contribution is 1.08. The summed E-state index contributed by atoms with van der Waals surface area (Å²) in [6.07, 6.45) is 2.29. The molecular formula is C14H12. The van der Waals surface area contributed by atoms with Crippen molar-refractivity contribution >= 4 is 16.3 Å². The van der Waals surface area contributed by atoms with Crippen LogP contribution in [0.25, 0.3) is 16.3 Å². The van der Waals surface area contributed by atoms with Crippen molar-refractivity contribution in [3.63, 3.8) is 0 Å². The minimum absolute atomic E-state index is 1.13. The van der Waals surface area contributed by atoms with Crippen molar-refractivity contribution in [2.24, 2.45) is 0 Å². The molecule has 0 aromatic heterocycles. The molecule has 0 heterocycles. The molecule has 2 aromatic rings. The van der Waals surface area contributed by atoms with Gasteiger partial charge in [0.15, 0.2) is 0 Å². The molecule has 0 bridgehead atoms. The molecular weight excluding hydrogens is 168 g/mol. The van der Waals surface area contributed by atoms with E-state index < -0.39 is 0 Å². The molecule has 0 saturated carbocycles. The lowest BCUT2D eigenvalue weighted by Crippen LogP contribution is -1.83. The molecule has 0 spiro atoms. The zero-order chi connectivity index (χ0) is 9.54. The van der Waals surface area contributed by atoms with Crippen molar-refractivity contribution in [3.8, 4) is 0 Å². The normalized spacial score (nSPS) is 14.7. The lowest BCUT2D eigenvalue weighted by Gasteiger charge is -2.05. The van der Waals surface area contributed by atoms with Crippen LogP contribution in [0.15, 0.2) is 43.0 Å². The molecule has 0 heteroatoms. The van der Waals surface area contributed by atoms with Crippen LogP contribution in [0, 0.1) is 0 Å². The summed E-state index contributed by atoms with van der Waals surface area (Å²) in [7, 11) is 0. The van der Waals surface area contributed by atoms with Crippen molar-refractivity contribution in [2.75, 3.05) is 0 Å². The van der Waals surface area contributed by atoms with Crippen LogP contribution in [-0.2, 0) is 6.42 Å². The van der Waals surface area contributed by atoms with Crippen molar-refractivity contribution in [3.05, 3.63) is 54.1 Å². The van der Waals surface area contributed by atoms with Crippen LogP contribution in [0.1, 0.15) is 17.5 Å². The summed E-state index contributed by atoms with van der Waals surface area (Å²) in [5.74, 6) is 0. The summed E-state index contributed by atoms with van der Waals surface area (Å²) in [6.45, 7) is 4.15. The van der Waals surface area contributed by atoms with Crippen molar-refractivity contribution < 1.29 is 0 Å². The van der Waals surface area contributed by atoms with E-state index in [-0.39, 0.29) is 0 Å². The standard InChI is InChI=1S/C14H12/c1-10-6-7-12-9-8-11-4-2-3-5-13(11)14(10)12/h2-5,8-9H,1,6-7H2. The maximum absolute atomic E-state index is 4.15. The first-order valence-electron chi connectivity index (χ1n) is 5.05. The number of benzene rings is 2. The Labute approximate surface area is 83.9 Å². The average molecular weight is 180 g/mol. The summed E-state index contributed by atoms with van der Waals surface area (Å²) in [5.41, 5.74) is 4.17. The van der Waals surface area contributed by atoms with Gasteiger partial charge in [-0.25, -0.2) is 0 Å².